The van der Waals surface area contributed by atoms with E-state index in [1.54, 1.807) is 0 Å². The smallest absolute Gasteiger partial charge is 0.305 e. The molecule has 0 aromatic carbocycles. The second kappa shape index (κ2) is 3.79. The molecule has 0 aliphatic heterocycles. The van der Waals surface area contributed by atoms with Gasteiger partial charge in [0.05, 0.1) is 0 Å². The van der Waals surface area contributed by atoms with Gasteiger partial charge in [0.15, 0.2) is 0 Å². The molecule has 0 saturated carbocycles. The van der Waals surface area contributed by atoms with Gasteiger partial charge in [-0.05, 0) is 0 Å². The first-order chi connectivity index (χ1) is 5.62. The first-order valence-corrected chi connectivity index (χ1v) is 6.56. The number of rotatable bonds is 4. The maximum atomic E-state index is 11.3. The summed E-state index contributed by atoms with van der Waals surface area (Å²) in [5.74, 6) is 0. The predicted octanol–water partition coefficient (Wildman–Crippen LogP) is -0.246. The lowest BCUT2D eigenvalue weighted by atomic mass is 11.4. The summed E-state index contributed by atoms with van der Waals surface area (Å²) in [6, 6.07) is 0. The highest BCUT2D eigenvalue weighted by molar-refractivity contribution is 7.77. The standard InChI is InChI=1S/C3H7O7P3/c1-13(10,2(4,5)11-8)3(6,7)12-9/h4-7H,1H3. The Balaban J connectivity index is 5.32. The fraction of sp³-hybridized carbons (Fsp3) is 1.00. The molecule has 0 amide bonds. The summed E-state index contributed by atoms with van der Waals surface area (Å²) in [7, 11) is -7.27. The molecular weight excluding hydrogens is 241 g/mol. The molecule has 0 aromatic heterocycles. The summed E-state index contributed by atoms with van der Waals surface area (Å²) in [6.45, 7) is 0.558. The van der Waals surface area contributed by atoms with E-state index in [9.17, 15) is 13.7 Å². The monoisotopic (exact) mass is 248 g/mol. The average Bonchev–Trinajstić information content (AvgIpc) is 2.03. The molecule has 0 unspecified atom stereocenters. The minimum atomic E-state index is -4.53. The van der Waals surface area contributed by atoms with Gasteiger partial charge in [0.25, 0.3) is 0 Å². The molecule has 0 rings (SSSR count). The van der Waals surface area contributed by atoms with Crippen molar-refractivity contribution in [3.8, 4) is 0 Å². The lowest BCUT2D eigenvalue weighted by Crippen LogP contribution is -2.33. The fourth-order valence-corrected chi connectivity index (χ4v) is 3.08. The molecule has 7 nitrogen and oxygen atoms in total. The van der Waals surface area contributed by atoms with Crippen LogP contribution < -0.4 is 0 Å². The van der Waals surface area contributed by atoms with Crippen molar-refractivity contribution in [2.24, 2.45) is 0 Å². The van der Waals surface area contributed by atoms with Gasteiger partial charge < -0.3 is 25.0 Å². The Kier molecular flexibility index (Phi) is 3.87. The molecule has 76 valence electrons. The van der Waals surface area contributed by atoms with Crippen LogP contribution in [-0.4, -0.2) is 37.6 Å². The molecule has 0 saturated heterocycles. The van der Waals surface area contributed by atoms with Crippen molar-refractivity contribution < 1.29 is 34.1 Å². The first kappa shape index (κ1) is 13.3. The SMILES string of the molecule is CP(=O)(C(O)(O)P=O)C(O)(O)P=O. The van der Waals surface area contributed by atoms with Crippen LogP contribution in [0, 0.1) is 0 Å². The molecule has 0 radical (unpaired) electrons. The highest BCUT2D eigenvalue weighted by Crippen LogP contribution is 2.67. The lowest BCUT2D eigenvalue weighted by molar-refractivity contribution is -0.0497. The molecule has 10 heteroatoms. The summed E-state index contributed by atoms with van der Waals surface area (Å²) in [5, 5.41) is 28.7. The maximum absolute atomic E-state index is 11.3. The Labute approximate surface area is 76.2 Å². The van der Waals surface area contributed by atoms with Crippen molar-refractivity contribution >= 4 is 24.1 Å². The molecule has 0 bridgehead atoms. The lowest BCUT2D eigenvalue weighted by Gasteiger charge is -2.28. The quantitative estimate of drug-likeness (QED) is 0.398. The summed E-state index contributed by atoms with van der Waals surface area (Å²) in [4.78, 5) is 0. The van der Waals surface area contributed by atoms with E-state index in [4.69, 9.17) is 20.4 Å². The van der Waals surface area contributed by atoms with Crippen LogP contribution in [0.15, 0.2) is 0 Å². The molecule has 0 spiro atoms. The van der Waals surface area contributed by atoms with Crippen LogP contribution in [0.5, 0.6) is 0 Å². The van der Waals surface area contributed by atoms with Crippen LogP contribution in [0.1, 0.15) is 0 Å². The van der Waals surface area contributed by atoms with E-state index in [0.717, 1.165) is 0 Å². The Morgan fingerprint density at radius 2 is 1.23 bits per heavy atom. The van der Waals surface area contributed by atoms with E-state index < -0.39 is 34.6 Å². The van der Waals surface area contributed by atoms with E-state index in [0.29, 0.717) is 6.66 Å². The van der Waals surface area contributed by atoms with Crippen LogP contribution in [0.25, 0.3) is 0 Å². The predicted molar refractivity (Wildman–Crippen MR) is 43.1 cm³/mol. The molecule has 0 aromatic rings. The van der Waals surface area contributed by atoms with Crippen LogP contribution in [0.3, 0.4) is 0 Å². The van der Waals surface area contributed by atoms with Crippen molar-refractivity contribution in [1.82, 2.24) is 0 Å². The van der Waals surface area contributed by atoms with Gasteiger partial charge in [-0.25, -0.2) is 0 Å². The first-order valence-electron chi connectivity index (χ1n) is 2.78. The van der Waals surface area contributed by atoms with Crippen molar-refractivity contribution in [2.75, 3.05) is 6.66 Å². The zero-order valence-electron chi connectivity index (χ0n) is 6.36. The zero-order valence-corrected chi connectivity index (χ0v) is 9.04. The second-order valence-corrected chi connectivity index (χ2v) is 7.72. The minimum absolute atomic E-state index is 0.558. The van der Waals surface area contributed by atoms with E-state index >= 15 is 0 Å². The van der Waals surface area contributed by atoms with Gasteiger partial charge in [-0.15, -0.1) is 0 Å². The van der Waals surface area contributed by atoms with Gasteiger partial charge in [0.2, 0.25) is 24.1 Å². The third-order valence-corrected chi connectivity index (χ3v) is 6.95. The van der Waals surface area contributed by atoms with Gasteiger partial charge in [0.1, 0.15) is 0 Å². The molecule has 13 heavy (non-hydrogen) atoms. The molecule has 0 aliphatic rings. The van der Waals surface area contributed by atoms with Crippen molar-refractivity contribution in [1.29, 1.82) is 0 Å². The number of aliphatic hydroxyl groups is 4. The summed E-state index contributed by atoms with van der Waals surface area (Å²) < 4.78 is 31.6. The number of hydrogen-bond acceptors (Lipinski definition) is 7. The topological polar surface area (TPSA) is 132 Å². The summed E-state index contributed by atoms with van der Waals surface area (Å²) in [5.41, 5.74) is 0. The highest BCUT2D eigenvalue weighted by atomic mass is 31.2. The number of hydrogen-bond donors (Lipinski definition) is 4. The second-order valence-electron chi connectivity index (χ2n) is 2.31. The third-order valence-electron chi connectivity index (χ3n) is 1.39. The summed E-state index contributed by atoms with van der Waals surface area (Å²) >= 11 is 0. The van der Waals surface area contributed by atoms with E-state index in [2.05, 4.69) is 0 Å². The molecule has 4 N–H and O–H groups in total. The highest BCUT2D eigenvalue weighted by Gasteiger charge is 2.58. The van der Waals surface area contributed by atoms with Gasteiger partial charge in [-0.3, -0.25) is 9.13 Å². The Bertz CT molecular complexity index is 246. The molecular formula is C3H7O7P3. The molecule has 0 atom stereocenters. The van der Waals surface area contributed by atoms with E-state index in [1.165, 1.54) is 0 Å². The van der Waals surface area contributed by atoms with Crippen LogP contribution in [0.2, 0.25) is 0 Å². The average molecular weight is 248 g/mol. The Morgan fingerprint density at radius 1 is 1.00 bits per heavy atom. The zero-order chi connectivity index (χ0) is 10.9. The molecule has 0 heterocycles. The molecule has 0 aliphatic carbocycles. The Hall–Kier alpha value is 0.270. The van der Waals surface area contributed by atoms with Gasteiger partial charge in [-0.1, -0.05) is 0 Å². The van der Waals surface area contributed by atoms with Crippen molar-refractivity contribution in [2.45, 2.75) is 10.5 Å². The van der Waals surface area contributed by atoms with Crippen LogP contribution in [-0.2, 0) is 13.7 Å². The van der Waals surface area contributed by atoms with E-state index in [1.807, 2.05) is 0 Å². The van der Waals surface area contributed by atoms with Crippen molar-refractivity contribution in [3.63, 3.8) is 0 Å². The van der Waals surface area contributed by atoms with Crippen LogP contribution in [0.4, 0.5) is 0 Å². The van der Waals surface area contributed by atoms with Crippen LogP contribution >= 0.6 is 24.1 Å². The Morgan fingerprint density at radius 3 is 1.38 bits per heavy atom. The third kappa shape index (κ3) is 2.20. The molecule has 0 fully saturated rings. The van der Waals surface area contributed by atoms with Gasteiger partial charge in [-0.2, -0.15) is 0 Å². The maximum Gasteiger partial charge on any atom is 0.305 e. The summed E-state index contributed by atoms with van der Waals surface area (Å²) in [6.07, 6.45) is 0. The van der Waals surface area contributed by atoms with E-state index in [-0.39, 0.29) is 0 Å². The van der Waals surface area contributed by atoms with Gasteiger partial charge in [0, 0.05) is 6.66 Å². The largest absolute Gasteiger partial charge is 0.350 e. The normalized spacial score (nSPS) is 18.8. The van der Waals surface area contributed by atoms with Gasteiger partial charge >= 0.3 is 10.5 Å². The minimum Gasteiger partial charge on any atom is -0.350 e. The van der Waals surface area contributed by atoms with Crippen molar-refractivity contribution in [3.05, 3.63) is 0 Å². The fourth-order valence-electron chi connectivity index (χ4n) is 0.357.